The first-order valence-electron chi connectivity index (χ1n) is 12.1. The van der Waals surface area contributed by atoms with Crippen molar-refractivity contribution in [1.82, 2.24) is 0 Å². The Kier molecular flexibility index (Phi) is 15.7. The second-order valence-electron chi connectivity index (χ2n) is 8.06. The summed E-state index contributed by atoms with van der Waals surface area (Å²) >= 11 is 0. The molecular weight excluding hydrogens is 376 g/mol. The molecule has 0 saturated heterocycles. The molecule has 0 unspecified atom stereocenters. The summed E-state index contributed by atoms with van der Waals surface area (Å²) in [5, 5.41) is 0. The summed E-state index contributed by atoms with van der Waals surface area (Å²) in [6, 6.07) is 6.72. The normalized spacial score (nSPS) is 10.7. The smallest absolute Gasteiger partial charge is 0.339 e. The molecule has 4 heteroatoms. The van der Waals surface area contributed by atoms with Gasteiger partial charge in [-0.3, -0.25) is 0 Å². The fraction of sp³-hybridized carbons (Fsp3) is 0.692. The van der Waals surface area contributed by atoms with Gasteiger partial charge in [0.15, 0.2) is 0 Å². The number of ether oxygens (including phenoxy) is 2. The third-order valence-corrected chi connectivity index (χ3v) is 5.33. The van der Waals surface area contributed by atoms with Gasteiger partial charge in [0.05, 0.1) is 24.3 Å². The maximum Gasteiger partial charge on any atom is 0.339 e. The van der Waals surface area contributed by atoms with E-state index in [1.165, 1.54) is 64.2 Å². The molecule has 0 atom stereocenters. The number of esters is 2. The SMILES string of the molecule is CCCCCCCCCCCCCCOC(=O)c1ccccc1C(=O)OCCCC. The molecule has 0 spiro atoms. The third-order valence-electron chi connectivity index (χ3n) is 5.33. The van der Waals surface area contributed by atoms with Crippen molar-refractivity contribution in [2.24, 2.45) is 0 Å². The minimum absolute atomic E-state index is 0.285. The molecule has 0 bridgehead atoms. The highest BCUT2D eigenvalue weighted by molar-refractivity contribution is 6.03. The highest BCUT2D eigenvalue weighted by Crippen LogP contribution is 2.14. The predicted octanol–water partition coefficient (Wildman–Crippen LogP) is 7.50. The van der Waals surface area contributed by atoms with Crippen molar-refractivity contribution in [3.05, 3.63) is 35.4 Å². The van der Waals surface area contributed by atoms with Crippen LogP contribution >= 0.6 is 0 Å². The number of hydrogen-bond acceptors (Lipinski definition) is 4. The molecular formula is C26H42O4. The van der Waals surface area contributed by atoms with Crippen molar-refractivity contribution < 1.29 is 19.1 Å². The monoisotopic (exact) mass is 418 g/mol. The molecule has 0 aliphatic rings. The van der Waals surface area contributed by atoms with Crippen LogP contribution in [0.3, 0.4) is 0 Å². The van der Waals surface area contributed by atoms with E-state index in [0.717, 1.165) is 25.7 Å². The molecule has 1 rings (SSSR count). The van der Waals surface area contributed by atoms with Gasteiger partial charge < -0.3 is 9.47 Å². The lowest BCUT2D eigenvalue weighted by Crippen LogP contribution is -2.15. The van der Waals surface area contributed by atoms with E-state index in [1.807, 2.05) is 6.92 Å². The summed E-state index contributed by atoms with van der Waals surface area (Å²) in [4.78, 5) is 24.6. The van der Waals surface area contributed by atoms with Gasteiger partial charge >= 0.3 is 11.9 Å². The minimum Gasteiger partial charge on any atom is -0.462 e. The Morgan fingerprint density at radius 3 is 1.37 bits per heavy atom. The second kappa shape index (κ2) is 18.0. The number of hydrogen-bond donors (Lipinski definition) is 0. The van der Waals surface area contributed by atoms with Crippen molar-refractivity contribution in [3.63, 3.8) is 0 Å². The van der Waals surface area contributed by atoms with Crippen LogP contribution in [0, 0.1) is 0 Å². The van der Waals surface area contributed by atoms with Gasteiger partial charge in [0.25, 0.3) is 0 Å². The van der Waals surface area contributed by atoms with Crippen molar-refractivity contribution in [2.75, 3.05) is 13.2 Å². The molecule has 0 heterocycles. The van der Waals surface area contributed by atoms with Crippen LogP contribution in [0.25, 0.3) is 0 Å². The largest absolute Gasteiger partial charge is 0.462 e. The Balaban J connectivity index is 2.14. The van der Waals surface area contributed by atoms with Crippen LogP contribution in [-0.4, -0.2) is 25.2 Å². The molecule has 0 radical (unpaired) electrons. The average molecular weight is 419 g/mol. The minimum atomic E-state index is -0.457. The molecule has 170 valence electrons. The van der Waals surface area contributed by atoms with E-state index in [0.29, 0.717) is 13.2 Å². The molecule has 0 saturated carbocycles. The van der Waals surface area contributed by atoms with E-state index in [9.17, 15) is 9.59 Å². The van der Waals surface area contributed by atoms with Gasteiger partial charge in [-0.05, 0) is 25.0 Å². The number of carbonyl (C=O) groups is 2. The first kappa shape index (κ1) is 26.2. The van der Waals surface area contributed by atoms with E-state index in [-0.39, 0.29) is 11.1 Å². The summed E-state index contributed by atoms with van der Waals surface area (Å²) in [6.45, 7) is 5.06. The zero-order valence-corrected chi connectivity index (χ0v) is 19.3. The fourth-order valence-electron chi connectivity index (χ4n) is 3.41. The summed E-state index contributed by atoms with van der Waals surface area (Å²) in [7, 11) is 0. The number of rotatable bonds is 18. The van der Waals surface area contributed by atoms with Gasteiger partial charge in [0, 0.05) is 0 Å². The van der Waals surface area contributed by atoms with Gasteiger partial charge in [-0.25, -0.2) is 9.59 Å². The maximum atomic E-state index is 12.4. The second-order valence-corrected chi connectivity index (χ2v) is 8.06. The first-order chi connectivity index (χ1) is 14.7. The highest BCUT2D eigenvalue weighted by Gasteiger charge is 2.18. The van der Waals surface area contributed by atoms with Crippen molar-refractivity contribution in [1.29, 1.82) is 0 Å². The summed E-state index contributed by atoms with van der Waals surface area (Å²) in [5.74, 6) is -0.900. The van der Waals surface area contributed by atoms with E-state index < -0.39 is 11.9 Å². The van der Waals surface area contributed by atoms with E-state index in [2.05, 4.69) is 6.92 Å². The average Bonchev–Trinajstić information content (AvgIpc) is 2.77. The molecule has 4 nitrogen and oxygen atoms in total. The Morgan fingerprint density at radius 2 is 0.933 bits per heavy atom. The van der Waals surface area contributed by atoms with E-state index in [4.69, 9.17) is 9.47 Å². The standard InChI is InChI=1S/C26H42O4/c1-3-5-7-8-9-10-11-12-13-14-15-18-22-30-26(28)24-20-17-16-19-23(24)25(27)29-21-6-4-2/h16-17,19-20H,3-15,18,21-22H2,1-2H3. The van der Waals surface area contributed by atoms with Gasteiger partial charge in [0.1, 0.15) is 0 Å². The Labute approximate surface area is 183 Å². The summed E-state index contributed by atoms with van der Waals surface area (Å²) < 4.78 is 10.6. The third kappa shape index (κ3) is 12.0. The molecule has 1 aromatic carbocycles. The molecule has 0 fully saturated rings. The van der Waals surface area contributed by atoms with Gasteiger partial charge in [-0.15, -0.1) is 0 Å². The summed E-state index contributed by atoms with van der Waals surface area (Å²) in [6.07, 6.45) is 17.0. The maximum absolute atomic E-state index is 12.4. The van der Waals surface area contributed by atoms with Crippen LogP contribution in [0.1, 0.15) is 124 Å². The van der Waals surface area contributed by atoms with Crippen molar-refractivity contribution in [2.45, 2.75) is 104 Å². The van der Waals surface area contributed by atoms with E-state index in [1.54, 1.807) is 24.3 Å². The number of carbonyl (C=O) groups excluding carboxylic acids is 2. The van der Waals surface area contributed by atoms with Gasteiger partial charge in [-0.2, -0.15) is 0 Å². The molecule has 0 aliphatic carbocycles. The highest BCUT2D eigenvalue weighted by atomic mass is 16.5. The van der Waals surface area contributed by atoms with Crippen LogP contribution < -0.4 is 0 Å². The Bertz CT molecular complexity index is 582. The van der Waals surface area contributed by atoms with Crippen molar-refractivity contribution >= 4 is 11.9 Å². The first-order valence-corrected chi connectivity index (χ1v) is 12.1. The molecule has 0 aliphatic heterocycles. The quantitative estimate of drug-likeness (QED) is 0.183. The Morgan fingerprint density at radius 1 is 0.567 bits per heavy atom. The van der Waals surface area contributed by atoms with Crippen LogP contribution in [0.2, 0.25) is 0 Å². The zero-order chi connectivity index (χ0) is 21.9. The lowest BCUT2D eigenvalue weighted by Gasteiger charge is -2.09. The topological polar surface area (TPSA) is 52.6 Å². The van der Waals surface area contributed by atoms with Crippen LogP contribution in [0.4, 0.5) is 0 Å². The zero-order valence-electron chi connectivity index (χ0n) is 19.3. The molecule has 0 N–H and O–H groups in total. The molecule has 30 heavy (non-hydrogen) atoms. The number of benzene rings is 1. The Hall–Kier alpha value is -1.84. The lowest BCUT2D eigenvalue weighted by atomic mass is 10.1. The molecule has 1 aromatic rings. The summed E-state index contributed by atoms with van der Waals surface area (Å²) in [5.41, 5.74) is 0.575. The predicted molar refractivity (Wildman–Crippen MR) is 123 cm³/mol. The van der Waals surface area contributed by atoms with E-state index >= 15 is 0 Å². The fourth-order valence-corrected chi connectivity index (χ4v) is 3.41. The van der Waals surface area contributed by atoms with Crippen LogP contribution in [-0.2, 0) is 9.47 Å². The lowest BCUT2D eigenvalue weighted by molar-refractivity contribution is 0.0451. The molecule has 0 aromatic heterocycles. The molecule has 0 amide bonds. The van der Waals surface area contributed by atoms with Gasteiger partial charge in [0.2, 0.25) is 0 Å². The van der Waals surface area contributed by atoms with Gasteiger partial charge in [-0.1, -0.05) is 103 Å². The number of unbranched alkanes of at least 4 members (excludes halogenated alkanes) is 12. The van der Waals surface area contributed by atoms with Crippen LogP contribution in [0.15, 0.2) is 24.3 Å². The van der Waals surface area contributed by atoms with Crippen LogP contribution in [0.5, 0.6) is 0 Å². The van der Waals surface area contributed by atoms with Crippen molar-refractivity contribution in [3.8, 4) is 0 Å².